The zero-order valence-electron chi connectivity index (χ0n) is 9.14. The summed E-state index contributed by atoms with van der Waals surface area (Å²) in [6.07, 6.45) is 3.18. The topological polar surface area (TPSA) is 42.2 Å². The average molecular weight is 238 g/mol. The van der Waals surface area contributed by atoms with E-state index in [1.54, 1.807) is 12.4 Å². The fraction of sp³-hybridized carbons (Fsp3) is 0.273. The standard InChI is InChI=1S/C11H12ClN3O/c1-8-3-4-9(16-8)7-15(2)11-10(12)13-5-6-14-11/h3-6H,7H2,1-2H3. The van der Waals surface area contributed by atoms with Gasteiger partial charge in [-0.15, -0.1) is 0 Å². The minimum atomic E-state index is 0.397. The highest BCUT2D eigenvalue weighted by Crippen LogP contribution is 2.20. The highest BCUT2D eigenvalue weighted by molar-refractivity contribution is 6.31. The lowest BCUT2D eigenvalue weighted by Crippen LogP contribution is -2.17. The Kier molecular flexibility index (Phi) is 3.10. The first-order chi connectivity index (χ1) is 7.66. The molecule has 2 heterocycles. The first-order valence-corrected chi connectivity index (χ1v) is 5.27. The molecular formula is C11H12ClN3O. The smallest absolute Gasteiger partial charge is 0.171 e. The molecule has 0 saturated heterocycles. The first kappa shape index (κ1) is 11.0. The van der Waals surface area contributed by atoms with Crippen molar-refractivity contribution in [3.63, 3.8) is 0 Å². The first-order valence-electron chi connectivity index (χ1n) is 4.90. The monoisotopic (exact) mass is 237 g/mol. The average Bonchev–Trinajstić information content (AvgIpc) is 2.64. The van der Waals surface area contributed by atoms with Crippen molar-refractivity contribution >= 4 is 17.4 Å². The molecule has 4 nitrogen and oxygen atoms in total. The normalized spacial score (nSPS) is 10.4. The second kappa shape index (κ2) is 4.53. The summed E-state index contributed by atoms with van der Waals surface area (Å²) in [6, 6.07) is 3.87. The summed E-state index contributed by atoms with van der Waals surface area (Å²) in [7, 11) is 1.90. The van der Waals surface area contributed by atoms with Crippen LogP contribution in [0.5, 0.6) is 0 Å². The molecule has 0 spiro atoms. The third-order valence-electron chi connectivity index (χ3n) is 2.19. The van der Waals surface area contributed by atoms with Crippen LogP contribution in [0.25, 0.3) is 0 Å². The van der Waals surface area contributed by atoms with E-state index in [-0.39, 0.29) is 0 Å². The molecular weight excluding hydrogens is 226 g/mol. The summed E-state index contributed by atoms with van der Waals surface area (Å²) in [5, 5.41) is 0.397. The van der Waals surface area contributed by atoms with Gasteiger partial charge in [0.2, 0.25) is 0 Å². The van der Waals surface area contributed by atoms with Crippen LogP contribution in [0.1, 0.15) is 11.5 Å². The molecule has 2 aromatic rings. The fourth-order valence-corrected chi connectivity index (χ4v) is 1.70. The van der Waals surface area contributed by atoms with Crippen LogP contribution >= 0.6 is 11.6 Å². The van der Waals surface area contributed by atoms with Crippen LogP contribution in [0, 0.1) is 6.92 Å². The van der Waals surface area contributed by atoms with Gasteiger partial charge in [-0.3, -0.25) is 0 Å². The van der Waals surface area contributed by atoms with Gasteiger partial charge in [-0.1, -0.05) is 11.6 Å². The number of nitrogens with zero attached hydrogens (tertiary/aromatic N) is 3. The van der Waals surface area contributed by atoms with Crippen molar-refractivity contribution in [1.29, 1.82) is 0 Å². The molecule has 0 aliphatic rings. The third kappa shape index (κ3) is 2.33. The maximum absolute atomic E-state index is 5.94. The van der Waals surface area contributed by atoms with E-state index in [9.17, 15) is 0 Å². The Bertz CT molecular complexity index is 484. The largest absolute Gasteiger partial charge is 0.464 e. The highest BCUT2D eigenvalue weighted by Gasteiger charge is 2.10. The van der Waals surface area contributed by atoms with Crippen molar-refractivity contribution in [1.82, 2.24) is 9.97 Å². The Morgan fingerprint density at radius 3 is 2.69 bits per heavy atom. The number of hydrogen-bond acceptors (Lipinski definition) is 4. The van der Waals surface area contributed by atoms with Gasteiger partial charge in [0.1, 0.15) is 11.5 Å². The van der Waals surface area contributed by atoms with E-state index in [0.29, 0.717) is 17.5 Å². The molecule has 0 unspecified atom stereocenters. The molecule has 84 valence electrons. The van der Waals surface area contributed by atoms with Gasteiger partial charge in [-0.05, 0) is 19.1 Å². The SMILES string of the molecule is Cc1ccc(CN(C)c2nccnc2Cl)o1. The Labute approximate surface area is 98.9 Å². The predicted octanol–water partition coefficient (Wildman–Crippen LogP) is 2.67. The molecule has 0 aromatic carbocycles. The van der Waals surface area contributed by atoms with Gasteiger partial charge in [0.05, 0.1) is 6.54 Å². The minimum absolute atomic E-state index is 0.397. The van der Waals surface area contributed by atoms with Crippen LogP contribution in [0.2, 0.25) is 5.15 Å². The van der Waals surface area contributed by atoms with Crippen molar-refractivity contribution < 1.29 is 4.42 Å². The van der Waals surface area contributed by atoms with Crippen molar-refractivity contribution in [3.8, 4) is 0 Å². The number of aromatic nitrogens is 2. The van der Waals surface area contributed by atoms with Gasteiger partial charge in [0, 0.05) is 19.4 Å². The molecule has 0 bridgehead atoms. The van der Waals surface area contributed by atoms with E-state index < -0.39 is 0 Å². The van der Waals surface area contributed by atoms with Crippen LogP contribution in [-0.4, -0.2) is 17.0 Å². The van der Waals surface area contributed by atoms with Crippen LogP contribution in [0.4, 0.5) is 5.82 Å². The maximum atomic E-state index is 5.94. The second-order valence-electron chi connectivity index (χ2n) is 3.54. The van der Waals surface area contributed by atoms with Crippen molar-refractivity contribution in [2.75, 3.05) is 11.9 Å². The fourth-order valence-electron chi connectivity index (χ4n) is 1.45. The van der Waals surface area contributed by atoms with Crippen LogP contribution in [0.3, 0.4) is 0 Å². The van der Waals surface area contributed by atoms with Crippen molar-refractivity contribution in [2.45, 2.75) is 13.5 Å². The number of rotatable bonds is 3. The number of anilines is 1. The Morgan fingerprint density at radius 1 is 1.31 bits per heavy atom. The van der Waals surface area contributed by atoms with Crippen molar-refractivity contribution in [3.05, 3.63) is 41.2 Å². The van der Waals surface area contributed by atoms with Gasteiger partial charge < -0.3 is 9.32 Å². The molecule has 5 heteroatoms. The lowest BCUT2D eigenvalue weighted by Gasteiger charge is -2.16. The number of hydrogen-bond donors (Lipinski definition) is 0. The molecule has 0 aliphatic carbocycles. The highest BCUT2D eigenvalue weighted by atomic mass is 35.5. The quantitative estimate of drug-likeness (QED) is 0.823. The van der Waals surface area contributed by atoms with Gasteiger partial charge in [-0.2, -0.15) is 0 Å². The van der Waals surface area contributed by atoms with E-state index in [2.05, 4.69) is 9.97 Å². The summed E-state index contributed by atoms with van der Waals surface area (Å²) < 4.78 is 5.48. The van der Waals surface area contributed by atoms with E-state index in [1.165, 1.54) is 0 Å². The number of furan rings is 1. The van der Waals surface area contributed by atoms with Gasteiger partial charge in [-0.25, -0.2) is 9.97 Å². The summed E-state index contributed by atoms with van der Waals surface area (Å²) >= 11 is 5.94. The summed E-state index contributed by atoms with van der Waals surface area (Å²) in [6.45, 7) is 2.53. The molecule has 0 aliphatic heterocycles. The number of halogens is 1. The molecule has 0 N–H and O–H groups in total. The van der Waals surface area contributed by atoms with E-state index in [4.69, 9.17) is 16.0 Å². The zero-order valence-corrected chi connectivity index (χ0v) is 9.90. The van der Waals surface area contributed by atoms with Gasteiger partial charge in [0.25, 0.3) is 0 Å². The Morgan fingerprint density at radius 2 is 2.06 bits per heavy atom. The molecule has 0 atom stereocenters. The van der Waals surface area contributed by atoms with Crippen molar-refractivity contribution in [2.24, 2.45) is 0 Å². The second-order valence-corrected chi connectivity index (χ2v) is 3.90. The molecule has 2 aromatic heterocycles. The summed E-state index contributed by atoms with van der Waals surface area (Å²) in [4.78, 5) is 10.0. The third-order valence-corrected chi connectivity index (χ3v) is 2.45. The van der Waals surface area contributed by atoms with Gasteiger partial charge >= 0.3 is 0 Å². The Balaban J connectivity index is 2.14. The van der Waals surface area contributed by atoms with E-state index >= 15 is 0 Å². The van der Waals surface area contributed by atoms with Crippen LogP contribution in [-0.2, 0) is 6.54 Å². The summed E-state index contributed by atoms with van der Waals surface area (Å²) in [5.41, 5.74) is 0. The Hall–Kier alpha value is -1.55. The number of aryl methyl sites for hydroxylation is 1. The summed E-state index contributed by atoms with van der Waals surface area (Å²) in [5.74, 6) is 2.42. The molecule has 16 heavy (non-hydrogen) atoms. The molecule has 0 fully saturated rings. The maximum Gasteiger partial charge on any atom is 0.171 e. The van der Waals surface area contributed by atoms with Crippen LogP contribution < -0.4 is 4.90 Å². The molecule has 0 radical (unpaired) electrons. The lowest BCUT2D eigenvalue weighted by atomic mass is 10.4. The molecule has 0 saturated carbocycles. The molecule has 2 rings (SSSR count). The molecule has 0 amide bonds. The van der Waals surface area contributed by atoms with E-state index in [1.807, 2.05) is 31.0 Å². The van der Waals surface area contributed by atoms with Crippen LogP contribution in [0.15, 0.2) is 28.9 Å². The van der Waals surface area contributed by atoms with Gasteiger partial charge in [0.15, 0.2) is 11.0 Å². The zero-order chi connectivity index (χ0) is 11.5. The minimum Gasteiger partial charge on any atom is -0.464 e. The van der Waals surface area contributed by atoms with E-state index in [0.717, 1.165) is 11.5 Å². The lowest BCUT2D eigenvalue weighted by molar-refractivity contribution is 0.481. The predicted molar refractivity (Wildman–Crippen MR) is 62.6 cm³/mol.